The summed E-state index contributed by atoms with van der Waals surface area (Å²) in [5, 5.41) is 21.5. The van der Waals surface area contributed by atoms with E-state index in [1.165, 1.54) is 32.4 Å². The van der Waals surface area contributed by atoms with Crippen molar-refractivity contribution in [3.8, 4) is 22.8 Å². The van der Waals surface area contributed by atoms with Crippen molar-refractivity contribution in [2.24, 2.45) is 0 Å². The van der Waals surface area contributed by atoms with Crippen LogP contribution in [0.3, 0.4) is 0 Å². The minimum Gasteiger partial charge on any atom is -0.496 e. The van der Waals surface area contributed by atoms with Crippen molar-refractivity contribution in [2.45, 2.75) is 18.4 Å². The Kier molecular flexibility index (Phi) is 5.86. The molecule has 2 atom stereocenters. The van der Waals surface area contributed by atoms with Crippen LogP contribution in [0.1, 0.15) is 17.9 Å². The average molecular weight is 440 g/mol. The minimum absolute atomic E-state index is 0.0629. The summed E-state index contributed by atoms with van der Waals surface area (Å²) in [5.41, 5.74) is 0.949. The largest absolute Gasteiger partial charge is 0.496 e. The van der Waals surface area contributed by atoms with E-state index >= 15 is 0 Å². The second kappa shape index (κ2) is 8.60. The number of rotatable bonds is 6. The van der Waals surface area contributed by atoms with Crippen molar-refractivity contribution in [3.05, 3.63) is 62.3 Å². The molecule has 32 heavy (non-hydrogen) atoms. The number of non-ortho nitro benzene ring substituents is 1. The van der Waals surface area contributed by atoms with Crippen LogP contribution in [0, 0.1) is 10.1 Å². The molecule has 0 aliphatic carbocycles. The summed E-state index contributed by atoms with van der Waals surface area (Å²) in [7, 11) is 4.92. The van der Waals surface area contributed by atoms with Gasteiger partial charge in [0, 0.05) is 47.4 Å². The normalized spacial score (nSPS) is 18.8. The molecule has 3 aromatic rings. The second-order valence-corrected chi connectivity index (χ2v) is 7.81. The van der Waals surface area contributed by atoms with Crippen LogP contribution in [0.2, 0.25) is 0 Å². The van der Waals surface area contributed by atoms with Crippen LogP contribution >= 0.6 is 0 Å². The summed E-state index contributed by atoms with van der Waals surface area (Å²) in [6, 6.07) is 8.72. The van der Waals surface area contributed by atoms with Gasteiger partial charge in [0.2, 0.25) is 0 Å². The molecular weight excluding hydrogens is 416 g/mol. The third-order valence-electron chi connectivity index (χ3n) is 6.13. The van der Waals surface area contributed by atoms with Crippen molar-refractivity contribution >= 4 is 16.7 Å². The van der Waals surface area contributed by atoms with Gasteiger partial charge in [-0.1, -0.05) is 12.1 Å². The smallest absolute Gasteiger partial charge is 0.270 e. The average Bonchev–Trinajstić information content (AvgIpc) is 3.17. The van der Waals surface area contributed by atoms with Crippen LogP contribution in [0.4, 0.5) is 5.69 Å². The Bertz CT molecular complexity index is 1240. The van der Waals surface area contributed by atoms with Gasteiger partial charge in [0.05, 0.1) is 25.7 Å². The number of ether oxygens (including phenoxy) is 2. The molecule has 2 aromatic carbocycles. The van der Waals surface area contributed by atoms with Crippen LogP contribution in [0.5, 0.6) is 11.5 Å². The Balaban J connectivity index is 2.03. The fourth-order valence-electron chi connectivity index (χ4n) is 4.50. The monoisotopic (exact) mass is 440 g/mol. The number of likely N-dealkylation sites (tertiary alicyclic amines) is 1. The van der Waals surface area contributed by atoms with Crippen molar-refractivity contribution < 1.29 is 23.9 Å². The van der Waals surface area contributed by atoms with E-state index in [1.807, 2.05) is 7.05 Å². The van der Waals surface area contributed by atoms with Gasteiger partial charge >= 0.3 is 0 Å². The first-order valence-corrected chi connectivity index (χ1v) is 10.2. The van der Waals surface area contributed by atoms with E-state index in [4.69, 9.17) is 13.9 Å². The molecule has 1 aliphatic rings. The summed E-state index contributed by atoms with van der Waals surface area (Å²) in [4.78, 5) is 25.9. The number of nitro benzene ring substituents is 1. The first kappa shape index (κ1) is 21.8. The number of likely N-dealkylation sites (N-methyl/N-ethyl adjacent to an activating group) is 1. The van der Waals surface area contributed by atoms with E-state index < -0.39 is 4.92 Å². The van der Waals surface area contributed by atoms with Gasteiger partial charge in [0.1, 0.15) is 28.2 Å². The quantitative estimate of drug-likeness (QED) is 0.459. The third kappa shape index (κ3) is 3.59. The molecule has 1 N–H and O–H groups in total. The molecule has 1 saturated heterocycles. The minimum atomic E-state index is -0.500. The summed E-state index contributed by atoms with van der Waals surface area (Å²) in [6.07, 6.45) is 0.740. The molecule has 0 spiro atoms. The standard InChI is InChI=1S/C23H24N2O7/c1-24-8-7-15(16(24)12-26)21-19(30-2)11-20(31-3)22-17(27)10-18(32-23(21)22)13-5-4-6-14(9-13)25(28)29/h4-6,9-11,15-16,26H,7-8,12H2,1-3H3/t15-,16+/m0/s1. The number of nitrogens with zero attached hydrogens (tertiary/aromatic N) is 2. The lowest BCUT2D eigenvalue weighted by Gasteiger charge is -2.25. The third-order valence-corrected chi connectivity index (χ3v) is 6.13. The Hall–Kier alpha value is -3.43. The predicted octanol–water partition coefficient (Wildman–Crippen LogP) is 3.17. The number of fused-ring (bicyclic) bond motifs is 1. The SMILES string of the molecule is COc1cc(OC)c2c(=O)cc(-c3cccc([N+](=O)[O-])c3)oc2c1[C@H]1CCN(C)[C@@H]1CO. The highest BCUT2D eigenvalue weighted by atomic mass is 16.6. The topological polar surface area (TPSA) is 115 Å². The number of aliphatic hydroxyl groups is 1. The van der Waals surface area contributed by atoms with E-state index in [0.29, 0.717) is 28.2 Å². The lowest BCUT2D eigenvalue weighted by molar-refractivity contribution is -0.384. The van der Waals surface area contributed by atoms with Gasteiger partial charge < -0.3 is 23.9 Å². The highest BCUT2D eigenvalue weighted by Gasteiger charge is 2.37. The zero-order chi connectivity index (χ0) is 23.0. The van der Waals surface area contributed by atoms with Crippen LogP contribution in [-0.2, 0) is 0 Å². The molecule has 4 rings (SSSR count). The number of methoxy groups -OCH3 is 2. The van der Waals surface area contributed by atoms with Crippen LogP contribution < -0.4 is 14.9 Å². The maximum atomic E-state index is 13.2. The van der Waals surface area contributed by atoms with Crippen molar-refractivity contribution in [1.82, 2.24) is 4.90 Å². The van der Waals surface area contributed by atoms with Crippen LogP contribution in [0.25, 0.3) is 22.3 Å². The highest BCUT2D eigenvalue weighted by Crippen LogP contribution is 2.45. The van der Waals surface area contributed by atoms with Gasteiger partial charge in [-0.2, -0.15) is 0 Å². The zero-order valence-corrected chi connectivity index (χ0v) is 18.0. The Morgan fingerprint density at radius 3 is 2.62 bits per heavy atom. The number of hydrogen-bond acceptors (Lipinski definition) is 8. The molecule has 0 unspecified atom stereocenters. The maximum absolute atomic E-state index is 13.2. The van der Waals surface area contributed by atoms with Crippen molar-refractivity contribution in [2.75, 3.05) is 34.4 Å². The Labute approximate surface area is 183 Å². The highest BCUT2D eigenvalue weighted by molar-refractivity contribution is 5.90. The second-order valence-electron chi connectivity index (χ2n) is 7.81. The number of aliphatic hydroxyl groups excluding tert-OH is 1. The fourth-order valence-corrected chi connectivity index (χ4v) is 4.50. The van der Waals surface area contributed by atoms with Gasteiger partial charge in [-0.05, 0) is 20.0 Å². The summed E-state index contributed by atoms with van der Waals surface area (Å²) < 4.78 is 17.3. The molecule has 9 nitrogen and oxygen atoms in total. The van der Waals surface area contributed by atoms with Gasteiger partial charge in [0.15, 0.2) is 5.43 Å². The Morgan fingerprint density at radius 1 is 1.22 bits per heavy atom. The molecular formula is C23H24N2O7. The molecule has 1 aliphatic heterocycles. The van der Waals surface area contributed by atoms with Crippen molar-refractivity contribution in [3.63, 3.8) is 0 Å². The number of nitro groups is 1. The van der Waals surface area contributed by atoms with E-state index in [-0.39, 0.29) is 40.8 Å². The van der Waals surface area contributed by atoms with Gasteiger partial charge in [0.25, 0.3) is 5.69 Å². The molecule has 1 aromatic heterocycles. The molecule has 9 heteroatoms. The fraction of sp³-hybridized carbons (Fsp3) is 0.348. The summed E-state index contributed by atoms with van der Waals surface area (Å²) in [5.74, 6) is 0.866. The number of benzene rings is 2. The van der Waals surface area contributed by atoms with Crippen molar-refractivity contribution in [1.29, 1.82) is 0 Å². The van der Waals surface area contributed by atoms with Gasteiger partial charge in [-0.15, -0.1) is 0 Å². The first-order valence-electron chi connectivity index (χ1n) is 10.2. The van der Waals surface area contributed by atoms with E-state index in [1.54, 1.807) is 18.2 Å². The lowest BCUT2D eigenvalue weighted by atomic mass is 9.89. The lowest BCUT2D eigenvalue weighted by Crippen LogP contribution is -2.32. The zero-order valence-electron chi connectivity index (χ0n) is 18.0. The van der Waals surface area contributed by atoms with E-state index in [2.05, 4.69) is 4.90 Å². The predicted molar refractivity (Wildman–Crippen MR) is 119 cm³/mol. The molecule has 0 saturated carbocycles. The molecule has 0 amide bonds. The van der Waals surface area contributed by atoms with E-state index in [0.717, 1.165) is 13.0 Å². The maximum Gasteiger partial charge on any atom is 0.270 e. The molecule has 0 bridgehead atoms. The summed E-state index contributed by atoms with van der Waals surface area (Å²) in [6.45, 7) is 0.702. The van der Waals surface area contributed by atoms with E-state index in [9.17, 15) is 20.0 Å². The van der Waals surface area contributed by atoms with Crippen LogP contribution in [-0.4, -0.2) is 55.4 Å². The van der Waals surface area contributed by atoms with Crippen LogP contribution in [0.15, 0.2) is 45.6 Å². The molecule has 1 fully saturated rings. The molecule has 0 radical (unpaired) electrons. The number of hydrogen-bond donors (Lipinski definition) is 1. The molecule has 2 heterocycles. The first-order chi connectivity index (χ1) is 15.4. The summed E-state index contributed by atoms with van der Waals surface area (Å²) >= 11 is 0. The molecule has 168 valence electrons. The van der Waals surface area contributed by atoms with Gasteiger partial charge in [-0.25, -0.2) is 0 Å². The van der Waals surface area contributed by atoms with Gasteiger partial charge in [-0.3, -0.25) is 14.9 Å². The Morgan fingerprint density at radius 2 is 1.97 bits per heavy atom.